The molecule has 2 aliphatic rings. The molecule has 0 saturated carbocycles. The number of amides is 1. The number of fused-ring (bicyclic) bond motifs is 1. The fourth-order valence-corrected chi connectivity index (χ4v) is 2.72. The first-order valence-electron chi connectivity index (χ1n) is 7.17. The smallest absolute Gasteiger partial charge is 0.265 e. The van der Waals surface area contributed by atoms with Crippen LogP contribution in [0.15, 0.2) is 24.3 Å². The van der Waals surface area contributed by atoms with Crippen LogP contribution in [0.3, 0.4) is 0 Å². The lowest BCUT2D eigenvalue weighted by Gasteiger charge is -2.38. The van der Waals surface area contributed by atoms with Gasteiger partial charge in [0.2, 0.25) is 0 Å². The second kappa shape index (κ2) is 5.71. The molecule has 0 aromatic heterocycles. The second-order valence-corrected chi connectivity index (χ2v) is 5.15. The van der Waals surface area contributed by atoms with Crippen LogP contribution in [0, 0.1) is 0 Å². The zero-order valence-electron chi connectivity index (χ0n) is 11.7. The molecule has 2 heterocycles. The lowest BCUT2D eigenvalue weighted by atomic mass is 10.1. The lowest BCUT2D eigenvalue weighted by molar-refractivity contribution is -0.147. The maximum absolute atomic E-state index is 12.6. The van der Waals surface area contributed by atoms with Gasteiger partial charge in [-0.3, -0.25) is 4.79 Å². The Kier molecular flexibility index (Phi) is 3.78. The average molecular weight is 276 g/mol. The summed E-state index contributed by atoms with van der Waals surface area (Å²) in [5.41, 5.74) is 0.950. The van der Waals surface area contributed by atoms with E-state index in [0.29, 0.717) is 26.3 Å². The van der Waals surface area contributed by atoms with Gasteiger partial charge in [-0.25, -0.2) is 0 Å². The molecule has 0 radical (unpaired) electrons. The molecule has 1 aromatic carbocycles. The largest absolute Gasteiger partial charge is 0.477 e. The molecule has 2 unspecified atom stereocenters. The summed E-state index contributed by atoms with van der Waals surface area (Å²) in [4.78, 5) is 14.5. The minimum Gasteiger partial charge on any atom is -0.477 e. The van der Waals surface area contributed by atoms with E-state index in [9.17, 15) is 4.79 Å². The molecule has 2 atom stereocenters. The number of nitrogens with one attached hydrogen (secondary N) is 1. The average Bonchev–Trinajstić information content (AvgIpc) is 2.53. The molecular weight excluding hydrogens is 256 g/mol. The molecular formula is C15H20N2O3. The molecule has 1 fully saturated rings. The molecule has 5 heteroatoms. The van der Waals surface area contributed by atoms with Crippen molar-refractivity contribution in [2.24, 2.45) is 0 Å². The highest BCUT2D eigenvalue weighted by Gasteiger charge is 2.34. The van der Waals surface area contributed by atoms with Crippen LogP contribution in [0.2, 0.25) is 0 Å². The quantitative estimate of drug-likeness (QED) is 0.889. The van der Waals surface area contributed by atoms with Crippen molar-refractivity contribution in [3.63, 3.8) is 0 Å². The van der Waals surface area contributed by atoms with Gasteiger partial charge in [-0.15, -0.1) is 0 Å². The number of benzene rings is 1. The zero-order valence-corrected chi connectivity index (χ0v) is 11.7. The Labute approximate surface area is 118 Å². The fourth-order valence-electron chi connectivity index (χ4n) is 2.72. The Bertz CT molecular complexity index is 492. The number of morpholine rings is 1. The first kappa shape index (κ1) is 13.2. The minimum atomic E-state index is -0.447. The third-order valence-electron chi connectivity index (χ3n) is 3.89. The van der Waals surface area contributed by atoms with Crippen molar-refractivity contribution in [1.29, 1.82) is 0 Å². The number of carbonyl (C=O) groups excluding carboxylic acids is 1. The summed E-state index contributed by atoms with van der Waals surface area (Å²) < 4.78 is 11.3. The van der Waals surface area contributed by atoms with Crippen LogP contribution in [0.4, 0.5) is 5.69 Å². The van der Waals surface area contributed by atoms with Gasteiger partial charge >= 0.3 is 0 Å². The third-order valence-corrected chi connectivity index (χ3v) is 3.89. The Morgan fingerprint density at radius 1 is 1.45 bits per heavy atom. The van der Waals surface area contributed by atoms with Crippen LogP contribution in [0.5, 0.6) is 5.75 Å². The van der Waals surface area contributed by atoms with Gasteiger partial charge in [0, 0.05) is 6.54 Å². The Balaban J connectivity index is 1.72. The summed E-state index contributed by atoms with van der Waals surface area (Å²) in [5, 5.41) is 3.26. The van der Waals surface area contributed by atoms with Crippen molar-refractivity contribution in [2.45, 2.75) is 25.5 Å². The Hall–Kier alpha value is -1.75. The number of anilines is 1. The SMILES string of the molecule is CCC1COCCN1C(=O)C1CNc2ccccc2O1. The molecule has 1 aromatic rings. The van der Waals surface area contributed by atoms with Gasteiger partial charge in [0.25, 0.3) is 5.91 Å². The summed E-state index contributed by atoms with van der Waals surface area (Å²) >= 11 is 0. The van der Waals surface area contributed by atoms with Gasteiger partial charge in [-0.05, 0) is 18.6 Å². The first-order chi connectivity index (χ1) is 9.79. The summed E-state index contributed by atoms with van der Waals surface area (Å²) in [5.74, 6) is 0.806. The van der Waals surface area contributed by atoms with E-state index in [-0.39, 0.29) is 11.9 Å². The van der Waals surface area contributed by atoms with Gasteiger partial charge in [-0.1, -0.05) is 19.1 Å². The second-order valence-electron chi connectivity index (χ2n) is 5.15. The van der Waals surface area contributed by atoms with E-state index in [1.165, 1.54) is 0 Å². The van der Waals surface area contributed by atoms with Crippen LogP contribution in [-0.4, -0.2) is 49.3 Å². The van der Waals surface area contributed by atoms with Crippen molar-refractivity contribution >= 4 is 11.6 Å². The molecule has 0 bridgehead atoms. The molecule has 3 rings (SSSR count). The summed E-state index contributed by atoms with van der Waals surface area (Å²) in [6, 6.07) is 7.87. The van der Waals surface area contributed by atoms with Crippen molar-refractivity contribution in [2.75, 3.05) is 31.6 Å². The van der Waals surface area contributed by atoms with Crippen LogP contribution in [0.25, 0.3) is 0 Å². The van der Waals surface area contributed by atoms with Crippen molar-refractivity contribution in [3.8, 4) is 5.75 Å². The van der Waals surface area contributed by atoms with E-state index < -0.39 is 6.10 Å². The maximum Gasteiger partial charge on any atom is 0.265 e. The monoisotopic (exact) mass is 276 g/mol. The molecule has 5 nitrogen and oxygen atoms in total. The predicted molar refractivity (Wildman–Crippen MR) is 76.0 cm³/mol. The number of hydrogen-bond acceptors (Lipinski definition) is 4. The number of ether oxygens (including phenoxy) is 2. The zero-order chi connectivity index (χ0) is 13.9. The van der Waals surface area contributed by atoms with Gasteiger partial charge in [0.15, 0.2) is 6.10 Å². The Morgan fingerprint density at radius 3 is 3.15 bits per heavy atom. The molecule has 0 spiro atoms. The number of para-hydroxylation sites is 2. The van der Waals surface area contributed by atoms with E-state index in [1.54, 1.807) is 0 Å². The standard InChI is InChI=1S/C15H20N2O3/c1-2-11-10-19-8-7-17(11)15(18)14-9-16-12-5-3-4-6-13(12)20-14/h3-6,11,14,16H,2,7-10H2,1H3. The van der Waals surface area contributed by atoms with Crippen molar-refractivity contribution in [1.82, 2.24) is 4.90 Å². The summed E-state index contributed by atoms with van der Waals surface area (Å²) in [7, 11) is 0. The van der Waals surface area contributed by atoms with Gasteiger partial charge in [0.1, 0.15) is 5.75 Å². The highest BCUT2D eigenvalue weighted by atomic mass is 16.5. The number of hydrogen-bond donors (Lipinski definition) is 1. The van der Waals surface area contributed by atoms with Gasteiger partial charge in [0.05, 0.1) is 31.5 Å². The molecule has 0 aliphatic carbocycles. The van der Waals surface area contributed by atoms with Crippen molar-refractivity contribution < 1.29 is 14.3 Å². The van der Waals surface area contributed by atoms with Gasteiger partial charge in [-0.2, -0.15) is 0 Å². The molecule has 1 N–H and O–H groups in total. The molecule has 20 heavy (non-hydrogen) atoms. The topological polar surface area (TPSA) is 50.8 Å². The van der Waals surface area contributed by atoms with Crippen molar-refractivity contribution in [3.05, 3.63) is 24.3 Å². The number of rotatable bonds is 2. The number of carbonyl (C=O) groups is 1. The highest BCUT2D eigenvalue weighted by molar-refractivity contribution is 5.83. The van der Waals surface area contributed by atoms with E-state index in [1.807, 2.05) is 29.2 Å². The van der Waals surface area contributed by atoms with E-state index in [0.717, 1.165) is 17.9 Å². The van der Waals surface area contributed by atoms with Crippen LogP contribution >= 0.6 is 0 Å². The molecule has 2 aliphatic heterocycles. The van der Waals surface area contributed by atoms with Crippen LogP contribution < -0.4 is 10.1 Å². The molecule has 1 saturated heterocycles. The lowest BCUT2D eigenvalue weighted by Crippen LogP contribution is -2.55. The highest BCUT2D eigenvalue weighted by Crippen LogP contribution is 2.29. The summed E-state index contributed by atoms with van der Waals surface area (Å²) in [6.07, 6.45) is 0.458. The third kappa shape index (κ3) is 2.45. The number of nitrogens with zero attached hydrogens (tertiary/aromatic N) is 1. The normalized spacial score (nSPS) is 25.4. The molecule has 108 valence electrons. The minimum absolute atomic E-state index is 0.0575. The fraction of sp³-hybridized carbons (Fsp3) is 0.533. The van der Waals surface area contributed by atoms with E-state index >= 15 is 0 Å². The van der Waals surface area contributed by atoms with Crippen LogP contribution in [-0.2, 0) is 9.53 Å². The predicted octanol–water partition coefficient (Wildman–Crippen LogP) is 1.50. The van der Waals surface area contributed by atoms with Gasteiger partial charge < -0.3 is 19.7 Å². The van der Waals surface area contributed by atoms with E-state index in [2.05, 4.69) is 12.2 Å². The molecule has 1 amide bonds. The first-order valence-corrected chi connectivity index (χ1v) is 7.17. The van der Waals surface area contributed by atoms with Crippen LogP contribution in [0.1, 0.15) is 13.3 Å². The maximum atomic E-state index is 12.6. The van der Waals surface area contributed by atoms with E-state index in [4.69, 9.17) is 9.47 Å². The summed E-state index contributed by atoms with van der Waals surface area (Å²) in [6.45, 7) is 4.48. The Morgan fingerprint density at radius 2 is 2.30 bits per heavy atom.